The van der Waals surface area contributed by atoms with Gasteiger partial charge in [0.05, 0.1) is 37.4 Å². The Morgan fingerprint density at radius 1 is 1.24 bits per heavy atom. The van der Waals surface area contributed by atoms with Crippen molar-refractivity contribution >= 4 is 18.4 Å². The van der Waals surface area contributed by atoms with Crippen molar-refractivity contribution in [3.63, 3.8) is 0 Å². The summed E-state index contributed by atoms with van der Waals surface area (Å²) in [7, 11) is 3.55. The number of carbonyl (C=O) groups is 1. The van der Waals surface area contributed by atoms with Gasteiger partial charge < -0.3 is 18.9 Å². The van der Waals surface area contributed by atoms with Gasteiger partial charge in [0.25, 0.3) is 6.47 Å². The molecule has 170 valence electrons. The van der Waals surface area contributed by atoms with Crippen molar-refractivity contribution in [2.75, 3.05) is 27.3 Å². The fraction of sp³-hybridized carbons (Fsp3) is 0.240. The van der Waals surface area contributed by atoms with Crippen molar-refractivity contribution in [2.24, 2.45) is 4.99 Å². The van der Waals surface area contributed by atoms with Crippen LogP contribution in [0.4, 0.5) is 4.39 Å². The molecule has 33 heavy (non-hydrogen) atoms. The van der Waals surface area contributed by atoms with Crippen LogP contribution in [0.1, 0.15) is 22.9 Å². The summed E-state index contributed by atoms with van der Waals surface area (Å²) in [6.07, 6.45) is 5.59. The van der Waals surface area contributed by atoms with Crippen LogP contribution in [0.2, 0.25) is 0 Å². The molecule has 0 fully saturated rings. The molecule has 3 aromatic rings. The van der Waals surface area contributed by atoms with Crippen LogP contribution in [0.25, 0.3) is 11.8 Å². The molecular weight excluding hydrogens is 423 g/mol. The number of nitrogens with zero attached hydrogens (tertiary/aromatic N) is 4. The highest BCUT2D eigenvalue weighted by atomic mass is 19.1. The zero-order valence-electron chi connectivity index (χ0n) is 18.7. The Labute approximate surface area is 191 Å². The second-order valence-electron chi connectivity index (χ2n) is 7.77. The molecule has 4 rings (SSSR count). The Morgan fingerprint density at radius 2 is 2.03 bits per heavy atom. The number of methoxy groups -OCH3 is 1. The maximum atomic E-state index is 13.3. The Bertz CT molecular complexity index is 1200. The van der Waals surface area contributed by atoms with Gasteiger partial charge in [-0.2, -0.15) is 0 Å². The summed E-state index contributed by atoms with van der Waals surface area (Å²) in [4.78, 5) is 21.9. The van der Waals surface area contributed by atoms with E-state index in [9.17, 15) is 9.18 Å². The minimum Gasteiger partial charge on any atom is -0.495 e. The number of hydrogen-bond donors (Lipinski definition) is 0. The summed E-state index contributed by atoms with van der Waals surface area (Å²) < 4.78 is 25.9. The molecule has 0 bridgehead atoms. The molecule has 2 aromatic carbocycles. The molecule has 1 aliphatic rings. The van der Waals surface area contributed by atoms with Crippen molar-refractivity contribution in [3.05, 3.63) is 83.2 Å². The number of carbonyl (C=O) groups excluding carboxylic acids is 1. The summed E-state index contributed by atoms with van der Waals surface area (Å²) >= 11 is 0. The van der Waals surface area contributed by atoms with E-state index in [-0.39, 0.29) is 18.5 Å². The first kappa shape index (κ1) is 22.3. The Kier molecular flexibility index (Phi) is 6.53. The number of rotatable bonds is 8. The molecule has 1 aliphatic heterocycles. The van der Waals surface area contributed by atoms with Crippen molar-refractivity contribution in [1.29, 1.82) is 0 Å². The lowest BCUT2D eigenvalue weighted by atomic mass is 10.1. The molecule has 7 nitrogen and oxygen atoms in total. The molecule has 0 saturated heterocycles. The third kappa shape index (κ3) is 4.79. The minimum atomic E-state index is -0.274. The Morgan fingerprint density at radius 3 is 2.70 bits per heavy atom. The Balaban J connectivity index is 1.64. The number of benzene rings is 2. The highest BCUT2D eigenvalue weighted by molar-refractivity contribution is 6.03. The molecular formula is C25H25FN4O3. The highest BCUT2D eigenvalue weighted by Crippen LogP contribution is 2.30. The second-order valence-corrected chi connectivity index (χ2v) is 7.77. The summed E-state index contributed by atoms with van der Waals surface area (Å²) in [5.74, 6) is 1.13. The van der Waals surface area contributed by atoms with E-state index in [2.05, 4.69) is 4.98 Å². The van der Waals surface area contributed by atoms with Crippen LogP contribution in [-0.4, -0.2) is 54.1 Å². The Hall–Kier alpha value is -3.94. The molecule has 0 saturated carbocycles. The molecule has 1 unspecified atom stereocenters. The van der Waals surface area contributed by atoms with Crippen LogP contribution in [0.5, 0.6) is 5.75 Å². The van der Waals surface area contributed by atoms with E-state index in [1.165, 1.54) is 12.1 Å². The number of aliphatic imine (C=N–C) groups is 1. The number of ether oxygens (including phenoxy) is 2. The standard InChI is InChI=1S/C25H25FN4O3/c1-17-13-30(15-28-17)22-9-4-18(11-24(22)32-3)10-20(14-33-16-31)25-27-12-23(29(25)2)19-5-7-21(26)8-6-19/h4-11,13,15-16,23H,12,14H2,1-3H3/b20-10+. The van der Waals surface area contributed by atoms with E-state index in [1.807, 2.05) is 53.9 Å². The molecule has 0 amide bonds. The van der Waals surface area contributed by atoms with Crippen LogP contribution < -0.4 is 4.74 Å². The normalized spacial score (nSPS) is 16.0. The molecule has 0 radical (unpaired) electrons. The lowest BCUT2D eigenvalue weighted by molar-refractivity contribution is -0.127. The fourth-order valence-corrected chi connectivity index (χ4v) is 3.94. The molecule has 8 heteroatoms. The lowest BCUT2D eigenvalue weighted by Gasteiger charge is -2.25. The molecule has 0 aliphatic carbocycles. The number of likely N-dealkylation sites (N-methyl/N-ethyl adjacent to an activating group) is 1. The predicted molar refractivity (Wildman–Crippen MR) is 124 cm³/mol. The van der Waals surface area contributed by atoms with Crippen LogP contribution >= 0.6 is 0 Å². The monoisotopic (exact) mass is 448 g/mol. The van der Waals surface area contributed by atoms with Gasteiger partial charge in [-0.05, 0) is 48.4 Å². The molecule has 1 atom stereocenters. The van der Waals surface area contributed by atoms with E-state index < -0.39 is 0 Å². The van der Waals surface area contributed by atoms with Gasteiger partial charge in [0, 0.05) is 18.8 Å². The van der Waals surface area contributed by atoms with Crippen LogP contribution in [0.15, 0.2) is 65.6 Å². The lowest BCUT2D eigenvalue weighted by Crippen LogP contribution is -2.29. The van der Waals surface area contributed by atoms with Crippen molar-refractivity contribution < 1.29 is 18.7 Å². The quantitative estimate of drug-likeness (QED) is 0.488. The van der Waals surface area contributed by atoms with E-state index in [0.717, 1.165) is 33.9 Å². The first-order valence-electron chi connectivity index (χ1n) is 10.5. The zero-order valence-corrected chi connectivity index (χ0v) is 18.7. The molecule has 1 aromatic heterocycles. The van der Waals surface area contributed by atoms with Crippen LogP contribution in [0.3, 0.4) is 0 Å². The number of halogens is 1. The van der Waals surface area contributed by atoms with Gasteiger partial charge in [-0.1, -0.05) is 18.2 Å². The molecule has 0 N–H and O–H groups in total. The smallest absolute Gasteiger partial charge is 0.293 e. The van der Waals surface area contributed by atoms with Crippen molar-refractivity contribution in [1.82, 2.24) is 14.5 Å². The maximum Gasteiger partial charge on any atom is 0.293 e. The fourth-order valence-electron chi connectivity index (χ4n) is 3.94. The van der Waals surface area contributed by atoms with Crippen LogP contribution in [0, 0.1) is 12.7 Å². The van der Waals surface area contributed by atoms with Crippen molar-refractivity contribution in [3.8, 4) is 11.4 Å². The highest BCUT2D eigenvalue weighted by Gasteiger charge is 2.28. The van der Waals surface area contributed by atoms with E-state index in [0.29, 0.717) is 18.8 Å². The SMILES string of the molecule is COc1cc(/C=C(\COC=O)C2=NCC(c3ccc(F)cc3)N2C)ccc1-n1cnc(C)c1. The predicted octanol–water partition coefficient (Wildman–Crippen LogP) is 3.97. The van der Waals surface area contributed by atoms with Gasteiger partial charge in [0.2, 0.25) is 0 Å². The number of aromatic nitrogens is 2. The largest absolute Gasteiger partial charge is 0.495 e. The van der Waals surface area contributed by atoms with Gasteiger partial charge in [0.1, 0.15) is 24.0 Å². The summed E-state index contributed by atoms with van der Waals surface area (Å²) in [5.41, 5.74) is 4.37. The summed E-state index contributed by atoms with van der Waals surface area (Å²) in [5, 5.41) is 0. The molecule has 0 spiro atoms. The summed E-state index contributed by atoms with van der Waals surface area (Å²) in [6, 6.07) is 12.2. The molecule has 2 heterocycles. The average molecular weight is 448 g/mol. The topological polar surface area (TPSA) is 69.0 Å². The third-order valence-corrected chi connectivity index (χ3v) is 5.60. The van der Waals surface area contributed by atoms with Gasteiger partial charge in [-0.25, -0.2) is 9.37 Å². The third-order valence-electron chi connectivity index (χ3n) is 5.60. The first-order chi connectivity index (χ1) is 16.0. The zero-order chi connectivity index (χ0) is 23.4. The van der Waals surface area contributed by atoms with E-state index in [4.69, 9.17) is 14.5 Å². The van der Waals surface area contributed by atoms with Crippen LogP contribution in [-0.2, 0) is 9.53 Å². The van der Waals surface area contributed by atoms with Gasteiger partial charge in [-0.15, -0.1) is 0 Å². The van der Waals surface area contributed by atoms with Gasteiger partial charge >= 0.3 is 0 Å². The second kappa shape index (κ2) is 9.68. The number of aryl methyl sites for hydroxylation is 1. The summed E-state index contributed by atoms with van der Waals surface area (Å²) in [6.45, 7) is 2.95. The maximum absolute atomic E-state index is 13.3. The van der Waals surface area contributed by atoms with Gasteiger partial charge in [0.15, 0.2) is 0 Å². The number of amidine groups is 1. The average Bonchev–Trinajstić information content (AvgIpc) is 3.42. The van der Waals surface area contributed by atoms with E-state index in [1.54, 1.807) is 25.6 Å². The first-order valence-corrected chi connectivity index (χ1v) is 10.5. The van der Waals surface area contributed by atoms with E-state index >= 15 is 0 Å². The van der Waals surface area contributed by atoms with Crippen molar-refractivity contribution in [2.45, 2.75) is 13.0 Å². The minimum absolute atomic E-state index is 0.0263. The number of hydrogen-bond acceptors (Lipinski definition) is 6. The number of imidazole rings is 1. The van der Waals surface area contributed by atoms with Gasteiger partial charge in [-0.3, -0.25) is 9.79 Å².